The van der Waals surface area contributed by atoms with Gasteiger partial charge in [0.15, 0.2) is 0 Å². The maximum atomic E-state index is 9.38. The number of hydrogen-bond donors (Lipinski definition) is 3. The SMILES string of the molecule is CCCCCCCCCC[C@H](O)[C@@H](O)CO. The summed E-state index contributed by atoms with van der Waals surface area (Å²) in [6.45, 7) is 1.87. The average Bonchev–Trinajstić information content (AvgIpc) is 2.31. The number of unbranched alkanes of at least 4 members (excludes halogenated alkanes) is 7. The normalized spacial score (nSPS) is 15.0. The second kappa shape index (κ2) is 11.4. The summed E-state index contributed by atoms with van der Waals surface area (Å²) < 4.78 is 0. The molecule has 3 heteroatoms. The van der Waals surface area contributed by atoms with Gasteiger partial charge in [-0.1, -0.05) is 58.3 Å². The highest BCUT2D eigenvalue weighted by Gasteiger charge is 2.13. The van der Waals surface area contributed by atoms with Gasteiger partial charge >= 0.3 is 0 Å². The molecule has 0 unspecified atom stereocenters. The molecule has 0 aliphatic rings. The summed E-state index contributed by atoms with van der Waals surface area (Å²) >= 11 is 0. The molecule has 0 aromatic heterocycles. The molecule has 0 heterocycles. The molecule has 16 heavy (non-hydrogen) atoms. The molecule has 3 N–H and O–H groups in total. The first-order valence-corrected chi connectivity index (χ1v) is 6.69. The molecule has 98 valence electrons. The van der Waals surface area contributed by atoms with Crippen LogP contribution in [0.1, 0.15) is 64.7 Å². The maximum absolute atomic E-state index is 9.38. The van der Waals surface area contributed by atoms with E-state index in [-0.39, 0.29) is 6.61 Å². The molecule has 0 saturated heterocycles. The van der Waals surface area contributed by atoms with Crippen LogP contribution in [0.4, 0.5) is 0 Å². The molecule has 0 saturated carbocycles. The number of rotatable bonds is 11. The van der Waals surface area contributed by atoms with Crippen LogP contribution in [0.15, 0.2) is 0 Å². The average molecular weight is 232 g/mol. The molecule has 0 aliphatic carbocycles. The molecule has 2 atom stereocenters. The lowest BCUT2D eigenvalue weighted by atomic mass is 10.0. The van der Waals surface area contributed by atoms with Crippen molar-refractivity contribution < 1.29 is 15.3 Å². The van der Waals surface area contributed by atoms with E-state index in [0.717, 1.165) is 12.8 Å². The summed E-state index contributed by atoms with van der Waals surface area (Å²) in [6, 6.07) is 0. The highest BCUT2D eigenvalue weighted by atomic mass is 16.4. The van der Waals surface area contributed by atoms with Gasteiger partial charge in [-0.15, -0.1) is 0 Å². The van der Waals surface area contributed by atoms with Gasteiger partial charge in [0.2, 0.25) is 0 Å². The molecule has 3 nitrogen and oxygen atoms in total. The van der Waals surface area contributed by atoms with Gasteiger partial charge in [-0.05, 0) is 6.42 Å². The largest absolute Gasteiger partial charge is 0.394 e. The Kier molecular flexibility index (Phi) is 11.3. The standard InChI is InChI=1S/C13H28O3/c1-2-3-4-5-6-7-8-9-10-12(15)13(16)11-14/h12-16H,2-11H2,1H3/t12-,13-/m0/s1. The third-order valence-corrected chi connectivity index (χ3v) is 2.98. The highest BCUT2D eigenvalue weighted by Crippen LogP contribution is 2.11. The van der Waals surface area contributed by atoms with Crippen molar-refractivity contribution in [2.24, 2.45) is 0 Å². The summed E-state index contributed by atoms with van der Waals surface area (Å²) in [5.74, 6) is 0. The monoisotopic (exact) mass is 232 g/mol. The van der Waals surface area contributed by atoms with Crippen LogP contribution in [0, 0.1) is 0 Å². The number of hydrogen-bond acceptors (Lipinski definition) is 3. The van der Waals surface area contributed by atoms with Crippen LogP contribution in [-0.2, 0) is 0 Å². The van der Waals surface area contributed by atoms with Crippen molar-refractivity contribution in [2.45, 2.75) is 76.9 Å². The molecular weight excluding hydrogens is 204 g/mol. The smallest absolute Gasteiger partial charge is 0.103 e. The zero-order valence-corrected chi connectivity index (χ0v) is 10.6. The van der Waals surface area contributed by atoms with Gasteiger partial charge in [-0.3, -0.25) is 0 Å². The van der Waals surface area contributed by atoms with Crippen LogP contribution in [0.3, 0.4) is 0 Å². The Morgan fingerprint density at radius 1 is 0.750 bits per heavy atom. The first kappa shape index (κ1) is 15.9. The van der Waals surface area contributed by atoms with E-state index in [9.17, 15) is 5.11 Å². The number of aliphatic hydroxyl groups excluding tert-OH is 3. The fraction of sp³-hybridized carbons (Fsp3) is 1.00. The second-order valence-electron chi connectivity index (χ2n) is 4.58. The molecule has 0 aromatic carbocycles. The van der Waals surface area contributed by atoms with Gasteiger partial charge in [0.05, 0.1) is 12.7 Å². The minimum Gasteiger partial charge on any atom is -0.394 e. The van der Waals surface area contributed by atoms with Gasteiger partial charge in [0.25, 0.3) is 0 Å². The third-order valence-electron chi connectivity index (χ3n) is 2.98. The molecule has 0 rings (SSSR count). The fourth-order valence-electron chi connectivity index (χ4n) is 1.80. The van der Waals surface area contributed by atoms with Crippen molar-refractivity contribution >= 4 is 0 Å². The Bertz CT molecular complexity index is 139. The van der Waals surface area contributed by atoms with E-state index in [4.69, 9.17) is 10.2 Å². The molecule has 0 bridgehead atoms. The van der Waals surface area contributed by atoms with E-state index >= 15 is 0 Å². The molecule has 0 radical (unpaired) electrons. The summed E-state index contributed by atoms with van der Waals surface area (Å²) in [6.07, 6.45) is 8.67. The Morgan fingerprint density at radius 2 is 1.25 bits per heavy atom. The van der Waals surface area contributed by atoms with Gasteiger partial charge in [-0.2, -0.15) is 0 Å². The van der Waals surface area contributed by atoms with Gasteiger partial charge in [0, 0.05) is 0 Å². The molecule has 0 aliphatic heterocycles. The summed E-state index contributed by atoms with van der Waals surface area (Å²) in [4.78, 5) is 0. The predicted molar refractivity (Wildman–Crippen MR) is 66.3 cm³/mol. The van der Waals surface area contributed by atoms with Crippen molar-refractivity contribution in [3.63, 3.8) is 0 Å². The zero-order chi connectivity index (χ0) is 12.2. The van der Waals surface area contributed by atoms with Crippen molar-refractivity contribution in [3.05, 3.63) is 0 Å². The summed E-state index contributed by atoms with van der Waals surface area (Å²) in [5.41, 5.74) is 0. The van der Waals surface area contributed by atoms with Crippen LogP contribution in [0.2, 0.25) is 0 Å². The lowest BCUT2D eigenvalue weighted by Crippen LogP contribution is -2.28. The summed E-state index contributed by atoms with van der Waals surface area (Å²) in [5, 5.41) is 27.1. The lowest BCUT2D eigenvalue weighted by Gasteiger charge is -2.14. The van der Waals surface area contributed by atoms with Crippen LogP contribution in [0.5, 0.6) is 0 Å². The van der Waals surface area contributed by atoms with E-state index in [1.165, 1.54) is 38.5 Å². The second-order valence-corrected chi connectivity index (χ2v) is 4.58. The van der Waals surface area contributed by atoms with E-state index in [0.29, 0.717) is 6.42 Å². The fourth-order valence-corrected chi connectivity index (χ4v) is 1.80. The van der Waals surface area contributed by atoms with Gasteiger partial charge in [-0.25, -0.2) is 0 Å². The Hall–Kier alpha value is -0.120. The van der Waals surface area contributed by atoms with Gasteiger partial charge in [0.1, 0.15) is 6.10 Å². The topological polar surface area (TPSA) is 60.7 Å². The lowest BCUT2D eigenvalue weighted by molar-refractivity contribution is -0.0185. The van der Waals surface area contributed by atoms with Crippen molar-refractivity contribution in [3.8, 4) is 0 Å². The Labute approximate surface area is 99.5 Å². The van der Waals surface area contributed by atoms with E-state index < -0.39 is 12.2 Å². The van der Waals surface area contributed by atoms with Crippen LogP contribution >= 0.6 is 0 Å². The Balaban J connectivity index is 3.14. The number of aliphatic hydroxyl groups is 3. The molecule has 0 aromatic rings. The third kappa shape index (κ3) is 9.13. The van der Waals surface area contributed by atoms with Gasteiger partial charge < -0.3 is 15.3 Å². The van der Waals surface area contributed by atoms with Crippen molar-refractivity contribution in [2.75, 3.05) is 6.61 Å². The first-order valence-electron chi connectivity index (χ1n) is 6.69. The summed E-state index contributed by atoms with van der Waals surface area (Å²) in [7, 11) is 0. The minimum atomic E-state index is -0.968. The van der Waals surface area contributed by atoms with Crippen LogP contribution < -0.4 is 0 Å². The zero-order valence-electron chi connectivity index (χ0n) is 10.6. The predicted octanol–water partition coefficient (Wildman–Crippen LogP) is 2.23. The maximum Gasteiger partial charge on any atom is 0.103 e. The minimum absolute atomic E-state index is 0.349. The van der Waals surface area contributed by atoms with E-state index in [1.807, 2.05) is 0 Å². The molecule has 0 fully saturated rings. The molecule has 0 spiro atoms. The quantitative estimate of drug-likeness (QED) is 0.479. The molecular formula is C13H28O3. The van der Waals surface area contributed by atoms with Crippen molar-refractivity contribution in [1.82, 2.24) is 0 Å². The van der Waals surface area contributed by atoms with E-state index in [1.54, 1.807) is 0 Å². The first-order chi connectivity index (χ1) is 7.72. The molecule has 0 amide bonds. The Morgan fingerprint density at radius 3 is 1.75 bits per heavy atom. The van der Waals surface area contributed by atoms with Crippen LogP contribution in [0.25, 0.3) is 0 Å². The van der Waals surface area contributed by atoms with E-state index in [2.05, 4.69) is 6.92 Å². The van der Waals surface area contributed by atoms with Crippen LogP contribution in [-0.4, -0.2) is 34.1 Å². The van der Waals surface area contributed by atoms with Crippen molar-refractivity contribution in [1.29, 1.82) is 0 Å². The highest BCUT2D eigenvalue weighted by molar-refractivity contribution is 4.65.